The molecule has 0 saturated heterocycles. The molecule has 1 aliphatic heterocycles. The summed E-state index contributed by atoms with van der Waals surface area (Å²) < 4.78 is 5.53. The van der Waals surface area contributed by atoms with Gasteiger partial charge in [-0.3, -0.25) is 9.59 Å². The number of anilines is 1. The lowest BCUT2D eigenvalue weighted by Gasteiger charge is -2.27. The summed E-state index contributed by atoms with van der Waals surface area (Å²) in [5.41, 5.74) is 3.43. The summed E-state index contributed by atoms with van der Waals surface area (Å²) in [5, 5.41) is 12.1. The molecule has 1 saturated carbocycles. The van der Waals surface area contributed by atoms with E-state index in [0.29, 0.717) is 44.0 Å². The quantitative estimate of drug-likeness (QED) is 0.826. The van der Waals surface area contributed by atoms with Crippen LogP contribution in [0.2, 0.25) is 0 Å². The molecule has 4 rings (SSSR count). The molecule has 2 aliphatic rings. The van der Waals surface area contributed by atoms with Gasteiger partial charge in [0, 0.05) is 29.9 Å². The third-order valence-electron chi connectivity index (χ3n) is 6.05. The number of nitrogens with zero attached hydrogens (tertiary/aromatic N) is 1. The normalized spacial score (nSPS) is 24.0. The van der Waals surface area contributed by atoms with E-state index in [1.807, 2.05) is 12.1 Å². The van der Waals surface area contributed by atoms with Crippen LogP contribution in [0.4, 0.5) is 5.69 Å². The van der Waals surface area contributed by atoms with Crippen molar-refractivity contribution in [1.29, 1.82) is 0 Å². The van der Waals surface area contributed by atoms with Crippen molar-refractivity contribution in [3.63, 3.8) is 0 Å². The fraction of sp³-hybridized carbons (Fsp3) is 0.455. The van der Waals surface area contributed by atoms with E-state index < -0.39 is 5.97 Å². The number of hydrogen-bond donors (Lipinski definition) is 2. The SMILES string of the molecule is CC1Cc2ccccc2N1Cc1ccoc1C(=O)NC1CCC(C(=O)O)CC1. The monoisotopic (exact) mass is 382 g/mol. The first kappa shape index (κ1) is 18.6. The number of furan rings is 1. The van der Waals surface area contributed by atoms with Crippen LogP contribution in [0.5, 0.6) is 0 Å². The molecule has 1 atom stereocenters. The number of benzene rings is 1. The maximum absolute atomic E-state index is 12.8. The van der Waals surface area contributed by atoms with Gasteiger partial charge in [0.05, 0.1) is 12.2 Å². The number of aliphatic carboxylic acids is 1. The molecular weight excluding hydrogens is 356 g/mol. The zero-order valence-corrected chi connectivity index (χ0v) is 16.1. The highest BCUT2D eigenvalue weighted by Gasteiger charge is 2.30. The van der Waals surface area contributed by atoms with Gasteiger partial charge in [0.25, 0.3) is 5.91 Å². The van der Waals surface area contributed by atoms with Gasteiger partial charge in [0.1, 0.15) is 0 Å². The van der Waals surface area contributed by atoms with E-state index in [-0.39, 0.29) is 17.9 Å². The first-order valence-electron chi connectivity index (χ1n) is 9.97. The van der Waals surface area contributed by atoms with E-state index in [4.69, 9.17) is 9.52 Å². The van der Waals surface area contributed by atoms with Crippen molar-refractivity contribution >= 4 is 17.6 Å². The highest BCUT2D eigenvalue weighted by Crippen LogP contribution is 2.33. The molecule has 1 unspecified atom stereocenters. The van der Waals surface area contributed by atoms with Crippen molar-refractivity contribution in [2.45, 2.75) is 57.7 Å². The van der Waals surface area contributed by atoms with Gasteiger partial charge >= 0.3 is 5.97 Å². The third kappa shape index (κ3) is 3.63. The first-order chi connectivity index (χ1) is 13.5. The zero-order valence-electron chi connectivity index (χ0n) is 16.1. The summed E-state index contributed by atoms with van der Waals surface area (Å²) in [4.78, 5) is 26.2. The van der Waals surface area contributed by atoms with Crippen molar-refractivity contribution < 1.29 is 19.1 Å². The van der Waals surface area contributed by atoms with Crippen LogP contribution in [-0.2, 0) is 17.8 Å². The Morgan fingerprint density at radius 1 is 1.18 bits per heavy atom. The largest absolute Gasteiger partial charge is 0.481 e. The number of nitrogens with one attached hydrogen (secondary N) is 1. The molecule has 0 bridgehead atoms. The number of carbonyl (C=O) groups excluding carboxylic acids is 1. The van der Waals surface area contributed by atoms with Crippen molar-refractivity contribution in [3.8, 4) is 0 Å². The molecule has 1 aliphatic carbocycles. The molecule has 2 aromatic rings. The van der Waals surface area contributed by atoms with E-state index in [9.17, 15) is 9.59 Å². The average Bonchev–Trinajstić information content (AvgIpc) is 3.27. The minimum Gasteiger partial charge on any atom is -0.481 e. The number of fused-ring (bicyclic) bond motifs is 1. The molecule has 2 heterocycles. The van der Waals surface area contributed by atoms with Crippen LogP contribution in [-0.4, -0.2) is 29.1 Å². The minimum absolute atomic E-state index is 0.00693. The maximum atomic E-state index is 12.8. The molecule has 1 aromatic carbocycles. The fourth-order valence-corrected chi connectivity index (χ4v) is 4.45. The van der Waals surface area contributed by atoms with Crippen LogP contribution in [0.25, 0.3) is 0 Å². The Balaban J connectivity index is 1.42. The van der Waals surface area contributed by atoms with Crippen LogP contribution >= 0.6 is 0 Å². The van der Waals surface area contributed by atoms with E-state index in [2.05, 4.69) is 35.3 Å². The maximum Gasteiger partial charge on any atom is 0.306 e. The van der Waals surface area contributed by atoms with Crippen LogP contribution < -0.4 is 10.2 Å². The molecule has 1 fully saturated rings. The summed E-state index contributed by atoms with van der Waals surface area (Å²) in [6.45, 7) is 2.82. The van der Waals surface area contributed by atoms with Gasteiger partial charge in [0.2, 0.25) is 0 Å². The Kier molecular flexibility index (Phi) is 5.11. The van der Waals surface area contributed by atoms with Gasteiger partial charge in [-0.25, -0.2) is 0 Å². The molecular formula is C22H26N2O4. The lowest BCUT2D eigenvalue weighted by Crippen LogP contribution is -2.39. The van der Waals surface area contributed by atoms with Crippen molar-refractivity contribution in [1.82, 2.24) is 5.32 Å². The number of para-hydroxylation sites is 1. The predicted octanol–water partition coefficient (Wildman–Crippen LogP) is 3.60. The molecule has 2 N–H and O–H groups in total. The van der Waals surface area contributed by atoms with E-state index in [0.717, 1.165) is 12.0 Å². The van der Waals surface area contributed by atoms with Gasteiger partial charge in [-0.1, -0.05) is 18.2 Å². The predicted molar refractivity (Wildman–Crippen MR) is 105 cm³/mol. The van der Waals surface area contributed by atoms with Crippen LogP contribution in [0, 0.1) is 5.92 Å². The Hall–Kier alpha value is -2.76. The van der Waals surface area contributed by atoms with Gasteiger partial charge in [-0.15, -0.1) is 0 Å². The second-order valence-corrected chi connectivity index (χ2v) is 7.94. The fourth-order valence-electron chi connectivity index (χ4n) is 4.45. The van der Waals surface area contributed by atoms with Crippen LogP contribution in [0.15, 0.2) is 41.0 Å². The molecule has 0 radical (unpaired) electrons. The van der Waals surface area contributed by atoms with Crippen LogP contribution in [0.1, 0.15) is 54.3 Å². The average molecular weight is 382 g/mol. The topological polar surface area (TPSA) is 82.8 Å². The number of carbonyl (C=O) groups is 2. The van der Waals surface area contributed by atoms with Gasteiger partial charge in [-0.05, 0) is 56.7 Å². The van der Waals surface area contributed by atoms with Crippen molar-refractivity contribution in [3.05, 3.63) is 53.5 Å². The smallest absolute Gasteiger partial charge is 0.306 e. The lowest BCUT2D eigenvalue weighted by atomic mass is 9.86. The number of amides is 1. The second-order valence-electron chi connectivity index (χ2n) is 7.94. The van der Waals surface area contributed by atoms with Gasteiger partial charge in [-0.2, -0.15) is 0 Å². The molecule has 6 heteroatoms. The highest BCUT2D eigenvalue weighted by molar-refractivity contribution is 5.93. The van der Waals surface area contributed by atoms with E-state index >= 15 is 0 Å². The first-order valence-corrected chi connectivity index (χ1v) is 9.97. The summed E-state index contributed by atoms with van der Waals surface area (Å²) in [6.07, 6.45) is 5.16. The summed E-state index contributed by atoms with van der Waals surface area (Å²) in [6, 6.07) is 10.6. The van der Waals surface area contributed by atoms with E-state index in [1.165, 1.54) is 11.3 Å². The molecule has 6 nitrogen and oxygen atoms in total. The summed E-state index contributed by atoms with van der Waals surface area (Å²) >= 11 is 0. The minimum atomic E-state index is -0.738. The Labute approximate surface area is 164 Å². The lowest BCUT2D eigenvalue weighted by molar-refractivity contribution is -0.142. The summed E-state index contributed by atoms with van der Waals surface area (Å²) in [7, 11) is 0. The van der Waals surface area contributed by atoms with Crippen molar-refractivity contribution in [2.24, 2.45) is 5.92 Å². The van der Waals surface area contributed by atoms with Crippen LogP contribution in [0.3, 0.4) is 0 Å². The Morgan fingerprint density at radius 2 is 1.93 bits per heavy atom. The third-order valence-corrected chi connectivity index (χ3v) is 6.05. The van der Waals surface area contributed by atoms with E-state index in [1.54, 1.807) is 6.26 Å². The number of rotatable bonds is 5. The molecule has 1 amide bonds. The molecule has 0 spiro atoms. The Bertz CT molecular complexity index is 867. The molecule has 28 heavy (non-hydrogen) atoms. The number of hydrogen-bond acceptors (Lipinski definition) is 4. The Morgan fingerprint density at radius 3 is 2.68 bits per heavy atom. The second kappa shape index (κ2) is 7.70. The standard InChI is InChI=1S/C22H26N2O4/c1-14-12-16-4-2-3-5-19(16)24(14)13-17-10-11-28-20(17)21(25)23-18-8-6-15(7-9-18)22(26)27/h2-5,10-11,14-15,18H,6-9,12-13H2,1H3,(H,23,25)(H,26,27). The van der Waals surface area contributed by atoms with Gasteiger partial charge in [0.15, 0.2) is 5.76 Å². The number of carboxylic acids is 1. The number of carboxylic acid groups (broad SMARTS) is 1. The van der Waals surface area contributed by atoms with Gasteiger partial charge < -0.3 is 19.7 Å². The zero-order chi connectivity index (χ0) is 19.7. The summed E-state index contributed by atoms with van der Waals surface area (Å²) in [5.74, 6) is -0.877. The molecule has 148 valence electrons. The van der Waals surface area contributed by atoms with Crippen molar-refractivity contribution in [2.75, 3.05) is 4.90 Å². The highest BCUT2D eigenvalue weighted by atomic mass is 16.4. The molecule has 1 aromatic heterocycles.